The number of hydrogen-bond donors (Lipinski definition) is 0. The van der Waals surface area contributed by atoms with Crippen LogP contribution in [0, 0.1) is 0 Å². The van der Waals surface area contributed by atoms with Crippen molar-refractivity contribution in [3.05, 3.63) is 24.0 Å². The number of aromatic nitrogens is 1. The molecule has 1 unspecified atom stereocenters. The molecule has 1 heterocycles. The van der Waals surface area contributed by atoms with Crippen LogP contribution in [0.1, 0.15) is 52.1 Å². The minimum absolute atomic E-state index is 0.211. The Hall–Kier alpha value is -1.05. The smallest absolute Gasteiger partial charge is 0.137 e. The molecule has 1 aromatic heterocycles. The maximum atomic E-state index is 5.13. The van der Waals surface area contributed by atoms with E-state index in [1.54, 1.807) is 7.11 Å². The van der Waals surface area contributed by atoms with Crippen LogP contribution < -0.4 is 4.74 Å². The Labute approximate surface area is 99.0 Å². The van der Waals surface area contributed by atoms with Gasteiger partial charge in [-0.25, -0.2) is 0 Å². The van der Waals surface area contributed by atoms with Gasteiger partial charge in [-0.3, -0.25) is 4.98 Å². The zero-order chi connectivity index (χ0) is 12.0. The maximum Gasteiger partial charge on any atom is 0.137 e. The fourth-order valence-electron chi connectivity index (χ4n) is 1.91. The molecule has 1 rings (SSSR count). The lowest BCUT2D eigenvalue weighted by Gasteiger charge is -2.27. The van der Waals surface area contributed by atoms with Crippen LogP contribution in [0.2, 0.25) is 0 Å². The third kappa shape index (κ3) is 2.97. The predicted octanol–water partition coefficient (Wildman–Crippen LogP) is 3.95. The predicted molar refractivity (Wildman–Crippen MR) is 68.0 cm³/mol. The molecule has 0 fully saturated rings. The van der Waals surface area contributed by atoms with E-state index in [1.807, 2.05) is 12.3 Å². The Bertz CT molecular complexity index is 307. The molecule has 0 aromatic carbocycles. The second-order valence-corrected chi connectivity index (χ2v) is 4.60. The Kier molecular flexibility index (Phi) is 4.78. The van der Waals surface area contributed by atoms with Crippen molar-refractivity contribution >= 4 is 0 Å². The fraction of sp³-hybridized carbons (Fsp3) is 0.643. The minimum atomic E-state index is 0.211. The highest BCUT2D eigenvalue weighted by Crippen LogP contribution is 2.32. The van der Waals surface area contributed by atoms with Gasteiger partial charge in [0.1, 0.15) is 5.75 Å². The molecule has 0 bridgehead atoms. The first kappa shape index (κ1) is 13.0. The number of ether oxygens (including phenoxy) is 1. The van der Waals surface area contributed by atoms with E-state index in [9.17, 15) is 0 Å². The Balaban J connectivity index is 2.84. The molecule has 0 amide bonds. The molecule has 2 heteroatoms. The van der Waals surface area contributed by atoms with Gasteiger partial charge in [-0.15, -0.1) is 0 Å². The van der Waals surface area contributed by atoms with Gasteiger partial charge < -0.3 is 4.74 Å². The first-order chi connectivity index (χ1) is 7.66. The van der Waals surface area contributed by atoms with Crippen LogP contribution in [0.4, 0.5) is 0 Å². The van der Waals surface area contributed by atoms with Gasteiger partial charge in [0.05, 0.1) is 13.3 Å². The van der Waals surface area contributed by atoms with Crippen LogP contribution in [0.25, 0.3) is 0 Å². The van der Waals surface area contributed by atoms with E-state index in [4.69, 9.17) is 4.74 Å². The monoisotopic (exact) mass is 221 g/mol. The summed E-state index contributed by atoms with van der Waals surface area (Å²) in [5, 5.41) is 0. The van der Waals surface area contributed by atoms with E-state index in [0.717, 1.165) is 12.2 Å². The summed E-state index contributed by atoms with van der Waals surface area (Å²) < 4.78 is 5.13. The van der Waals surface area contributed by atoms with Crippen LogP contribution in [0.3, 0.4) is 0 Å². The summed E-state index contributed by atoms with van der Waals surface area (Å²) in [6.07, 6.45) is 6.66. The number of unbranched alkanes of at least 4 members (excludes halogenated alkanes) is 1. The van der Waals surface area contributed by atoms with E-state index < -0.39 is 0 Å². The lowest BCUT2D eigenvalue weighted by atomic mass is 9.79. The van der Waals surface area contributed by atoms with Gasteiger partial charge in [-0.1, -0.05) is 33.6 Å². The van der Waals surface area contributed by atoms with Crippen molar-refractivity contribution in [2.75, 3.05) is 7.11 Å². The minimum Gasteiger partial charge on any atom is -0.495 e. The van der Waals surface area contributed by atoms with E-state index in [0.29, 0.717) is 0 Å². The maximum absolute atomic E-state index is 5.13. The SMILES string of the molecule is CCCCC(C)(CC)c1ccc(OC)cn1. The van der Waals surface area contributed by atoms with Crippen LogP contribution in [0.15, 0.2) is 18.3 Å². The molecular formula is C14H23NO. The topological polar surface area (TPSA) is 22.1 Å². The van der Waals surface area contributed by atoms with Crippen molar-refractivity contribution in [1.29, 1.82) is 0 Å². The first-order valence-electron chi connectivity index (χ1n) is 6.16. The molecule has 90 valence electrons. The average Bonchev–Trinajstić information content (AvgIpc) is 2.36. The summed E-state index contributed by atoms with van der Waals surface area (Å²) in [7, 11) is 1.67. The summed E-state index contributed by atoms with van der Waals surface area (Å²) in [6, 6.07) is 4.10. The molecule has 16 heavy (non-hydrogen) atoms. The molecule has 0 aliphatic heterocycles. The van der Waals surface area contributed by atoms with Gasteiger partial charge in [-0.05, 0) is 25.0 Å². The number of rotatable bonds is 6. The van der Waals surface area contributed by atoms with Crippen LogP contribution in [0.5, 0.6) is 5.75 Å². The van der Waals surface area contributed by atoms with Crippen molar-refractivity contribution in [1.82, 2.24) is 4.98 Å². The molecule has 0 N–H and O–H groups in total. The molecular weight excluding hydrogens is 198 g/mol. The summed E-state index contributed by atoms with van der Waals surface area (Å²) in [5.74, 6) is 0.831. The summed E-state index contributed by atoms with van der Waals surface area (Å²) in [4.78, 5) is 4.52. The number of methoxy groups -OCH3 is 1. The Morgan fingerprint density at radius 2 is 2.06 bits per heavy atom. The molecule has 1 aromatic rings. The van der Waals surface area contributed by atoms with Gasteiger partial charge >= 0.3 is 0 Å². The molecule has 0 spiro atoms. The largest absolute Gasteiger partial charge is 0.495 e. The van der Waals surface area contributed by atoms with Gasteiger partial charge in [0.25, 0.3) is 0 Å². The molecule has 0 aliphatic carbocycles. The van der Waals surface area contributed by atoms with Crippen LogP contribution in [-0.4, -0.2) is 12.1 Å². The summed E-state index contributed by atoms with van der Waals surface area (Å²) in [5.41, 5.74) is 1.40. The molecule has 0 aliphatic rings. The highest BCUT2D eigenvalue weighted by molar-refractivity contribution is 5.24. The van der Waals surface area contributed by atoms with Crippen LogP contribution >= 0.6 is 0 Å². The third-order valence-electron chi connectivity index (χ3n) is 3.45. The second-order valence-electron chi connectivity index (χ2n) is 4.60. The van der Waals surface area contributed by atoms with Crippen molar-refractivity contribution in [3.63, 3.8) is 0 Å². The fourth-order valence-corrected chi connectivity index (χ4v) is 1.91. The quantitative estimate of drug-likeness (QED) is 0.725. The van der Waals surface area contributed by atoms with Gasteiger partial charge in [0.15, 0.2) is 0 Å². The lowest BCUT2D eigenvalue weighted by Crippen LogP contribution is -2.22. The summed E-state index contributed by atoms with van der Waals surface area (Å²) >= 11 is 0. The lowest BCUT2D eigenvalue weighted by molar-refractivity contribution is 0.386. The summed E-state index contributed by atoms with van der Waals surface area (Å²) in [6.45, 7) is 6.77. The first-order valence-corrected chi connectivity index (χ1v) is 6.16. The normalized spacial score (nSPS) is 14.5. The highest BCUT2D eigenvalue weighted by Gasteiger charge is 2.25. The number of nitrogens with zero attached hydrogens (tertiary/aromatic N) is 1. The number of hydrogen-bond acceptors (Lipinski definition) is 2. The molecule has 1 atom stereocenters. The highest BCUT2D eigenvalue weighted by atomic mass is 16.5. The standard InChI is InChI=1S/C14H23NO/c1-5-7-10-14(3,6-2)13-9-8-12(16-4)11-15-13/h8-9,11H,5-7,10H2,1-4H3. The number of pyridine rings is 1. The zero-order valence-corrected chi connectivity index (χ0v) is 10.9. The second kappa shape index (κ2) is 5.88. The Morgan fingerprint density at radius 3 is 2.50 bits per heavy atom. The van der Waals surface area contributed by atoms with Crippen molar-refractivity contribution in [2.24, 2.45) is 0 Å². The Morgan fingerprint density at radius 1 is 1.31 bits per heavy atom. The van der Waals surface area contributed by atoms with Crippen molar-refractivity contribution in [2.45, 2.75) is 51.9 Å². The average molecular weight is 221 g/mol. The van der Waals surface area contributed by atoms with Gasteiger partial charge in [0, 0.05) is 11.1 Å². The van der Waals surface area contributed by atoms with E-state index in [1.165, 1.54) is 25.0 Å². The molecule has 0 radical (unpaired) electrons. The zero-order valence-electron chi connectivity index (χ0n) is 10.9. The van der Waals surface area contributed by atoms with E-state index in [-0.39, 0.29) is 5.41 Å². The van der Waals surface area contributed by atoms with E-state index >= 15 is 0 Å². The van der Waals surface area contributed by atoms with Crippen LogP contribution in [-0.2, 0) is 5.41 Å². The van der Waals surface area contributed by atoms with Gasteiger partial charge in [-0.2, -0.15) is 0 Å². The van der Waals surface area contributed by atoms with E-state index in [2.05, 4.69) is 31.8 Å². The third-order valence-corrected chi connectivity index (χ3v) is 3.45. The molecule has 2 nitrogen and oxygen atoms in total. The van der Waals surface area contributed by atoms with Crippen molar-refractivity contribution < 1.29 is 4.74 Å². The van der Waals surface area contributed by atoms with Gasteiger partial charge in [0.2, 0.25) is 0 Å². The van der Waals surface area contributed by atoms with Crippen molar-refractivity contribution in [3.8, 4) is 5.75 Å². The molecule has 0 saturated carbocycles. The molecule has 0 saturated heterocycles.